The average Bonchev–Trinajstić information content (AvgIpc) is 3.22. The molecule has 1 heterocycles. The highest BCUT2D eigenvalue weighted by Crippen LogP contribution is 2.29. The molecule has 104 valence electrons. The third kappa shape index (κ3) is 3.69. The smallest absolute Gasteiger partial charge is 0.312 e. The van der Waals surface area contributed by atoms with E-state index in [9.17, 15) is 4.79 Å². The highest BCUT2D eigenvalue weighted by atomic mass is 16.7. The summed E-state index contributed by atoms with van der Waals surface area (Å²) in [6, 6.07) is 0.311. The van der Waals surface area contributed by atoms with E-state index in [2.05, 4.69) is 5.32 Å². The molecule has 0 spiro atoms. The second kappa shape index (κ2) is 6.53. The summed E-state index contributed by atoms with van der Waals surface area (Å²) >= 11 is 0. The van der Waals surface area contributed by atoms with Crippen molar-refractivity contribution in [1.29, 1.82) is 0 Å². The van der Waals surface area contributed by atoms with Gasteiger partial charge in [-0.1, -0.05) is 26.2 Å². The van der Waals surface area contributed by atoms with Crippen molar-refractivity contribution in [2.75, 3.05) is 13.2 Å². The minimum atomic E-state index is -0.330. The van der Waals surface area contributed by atoms with Crippen molar-refractivity contribution in [2.24, 2.45) is 11.8 Å². The molecule has 2 aliphatic rings. The van der Waals surface area contributed by atoms with Crippen molar-refractivity contribution >= 4 is 5.97 Å². The largest absolute Gasteiger partial charge is 0.435 e. The fraction of sp³-hybridized carbons (Fsp3) is 0.929. The zero-order valence-corrected chi connectivity index (χ0v) is 11.5. The van der Waals surface area contributed by atoms with Gasteiger partial charge in [0.25, 0.3) is 0 Å². The Morgan fingerprint density at radius 2 is 2.00 bits per heavy atom. The molecule has 3 unspecified atom stereocenters. The molecule has 0 bridgehead atoms. The first-order valence-electron chi connectivity index (χ1n) is 7.28. The second-order valence-electron chi connectivity index (χ2n) is 5.46. The van der Waals surface area contributed by atoms with E-state index in [0.29, 0.717) is 18.6 Å². The summed E-state index contributed by atoms with van der Waals surface area (Å²) in [7, 11) is 0. The molecule has 3 atom stereocenters. The SMILES string of the molecule is CCOC(OC(=O)C(C)C1CN1)C1CCCCC1. The number of hydrogen-bond acceptors (Lipinski definition) is 4. The van der Waals surface area contributed by atoms with Crippen LogP contribution in [0.2, 0.25) is 0 Å². The first-order chi connectivity index (χ1) is 8.72. The molecule has 2 fully saturated rings. The molecule has 1 N–H and O–H groups in total. The summed E-state index contributed by atoms with van der Waals surface area (Å²) in [6.45, 7) is 5.41. The van der Waals surface area contributed by atoms with Gasteiger partial charge in [0, 0.05) is 25.1 Å². The number of nitrogens with one attached hydrogen (secondary N) is 1. The number of ether oxygens (including phenoxy) is 2. The Hall–Kier alpha value is -0.610. The molecule has 1 aliphatic carbocycles. The van der Waals surface area contributed by atoms with Gasteiger partial charge in [-0.3, -0.25) is 4.79 Å². The minimum absolute atomic E-state index is 0.0588. The van der Waals surface area contributed by atoms with Crippen molar-refractivity contribution in [3.05, 3.63) is 0 Å². The van der Waals surface area contributed by atoms with Crippen LogP contribution in [0.3, 0.4) is 0 Å². The van der Waals surface area contributed by atoms with Crippen LogP contribution >= 0.6 is 0 Å². The van der Waals surface area contributed by atoms with E-state index in [1.54, 1.807) is 0 Å². The van der Waals surface area contributed by atoms with E-state index >= 15 is 0 Å². The average molecular weight is 255 g/mol. The lowest BCUT2D eigenvalue weighted by Gasteiger charge is -2.30. The summed E-state index contributed by atoms with van der Waals surface area (Å²) in [5.74, 6) is 0.215. The summed E-state index contributed by atoms with van der Waals surface area (Å²) < 4.78 is 11.2. The maximum absolute atomic E-state index is 12.0. The van der Waals surface area contributed by atoms with Crippen LogP contribution in [0.1, 0.15) is 46.0 Å². The standard InChI is InChI=1S/C14H25NO3/c1-3-17-14(11-7-5-4-6-8-11)18-13(16)10(2)12-9-15-12/h10-12,14-15H,3-9H2,1-2H3. The Labute approximate surface area is 109 Å². The van der Waals surface area contributed by atoms with E-state index in [4.69, 9.17) is 9.47 Å². The maximum atomic E-state index is 12.0. The molecule has 1 aliphatic heterocycles. The molecular formula is C14H25NO3. The zero-order chi connectivity index (χ0) is 13.0. The minimum Gasteiger partial charge on any atom is -0.435 e. The van der Waals surface area contributed by atoms with E-state index in [1.807, 2.05) is 13.8 Å². The maximum Gasteiger partial charge on any atom is 0.312 e. The number of rotatable bonds is 6. The van der Waals surface area contributed by atoms with Gasteiger partial charge in [-0.05, 0) is 19.8 Å². The molecule has 1 saturated heterocycles. The topological polar surface area (TPSA) is 57.5 Å². The lowest BCUT2D eigenvalue weighted by atomic mass is 9.88. The predicted octanol–water partition coefficient (Wildman–Crippen LogP) is 2.08. The van der Waals surface area contributed by atoms with Crippen LogP contribution in [0, 0.1) is 11.8 Å². The van der Waals surface area contributed by atoms with Crippen molar-refractivity contribution in [1.82, 2.24) is 5.32 Å². The normalized spacial score (nSPS) is 27.6. The molecule has 1 saturated carbocycles. The highest BCUT2D eigenvalue weighted by Gasteiger charge is 2.36. The molecule has 0 aromatic heterocycles. The Morgan fingerprint density at radius 1 is 1.33 bits per heavy atom. The van der Waals surface area contributed by atoms with Gasteiger partial charge in [-0.2, -0.15) is 0 Å². The molecule has 0 aromatic carbocycles. The van der Waals surface area contributed by atoms with Crippen LogP contribution < -0.4 is 5.32 Å². The number of carbonyl (C=O) groups excluding carboxylic acids is 1. The van der Waals surface area contributed by atoms with Gasteiger partial charge in [0.05, 0.1) is 5.92 Å². The molecule has 2 rings (SSSR count). The van der Waals surface area contributed by atoms with Crippen LogP contribution in [-0.4, -0.2) is 31.5 Å². The van der Waals surface area contributed by atoms with Crippen LogP contribution in [-0.2, 0) is 14.3 Å². The number of hydrogen-bond donors (Lipinski definition) is 1. The molecule has 4 heteroatoms. The molecule has 18 heavy (non-hydrogen) atoms. The quantitative estimate of drug-likeness (QED) is 0.448. The summed E-state index contributed by atoms with van der Waals surface area (Å²) in [4.78, 5) is 12.0. The van der Waals surface area contributed by atoms with Gasteiger partial charge in [0.15, 0.2) is 0 Å². The fourth-order valence-electron chi connectivity index (χ4n) is 2.64. The van der Waals surface area contributed by atoms with Gasteiger partial charge in [0.2, 0.25) is 6.29 Å². The lowest BCUT2D eigenvalue weighted by molar-refractivity contribution is -0.196. The molecular weight excluding hydrogens is 230 g/mol. The molecule has 4 nitrogen and oxygen atoms in total. The molecule has 0 aromatic rings. The third-order valence-corrected chi connectivity index (χ3v) is 4.01. The van der Waals surface area contributed by atoms with E-state index in [0.717, 1.165) is 19.4 Å². The van der Waals surface area contributed by atoms with Gasteiger partial charge in [-0.25, -0.2) is 0 Å². The van der Waals surface area contributed by atoms with Crippen molar-refractivity contribution < 1.29 is 14.3 Å². The van der Waals surface area contributed by atoms with Crippen LogP contribution in [0.15, 0.2) is 0 Å². The third-order valence-electron chi connectivity index (χ3n) is 4.01. The Bertz CT molecular complexity index is 272. The van der Waals surface area contributed by atoms with E-state index < -0.39 is 0 Å². The number of carbonyl (C=O) groups is 1. The van der Waals surface area contributed by atoms with Gasteiger partial charge in [-0.15, -0.1) is 0 Å². The Balaban J connectivity index is 1.85. The van der Waals surface area contributed by atoms with Crippen molar-refractivity contribution in [3.8, 4) is 0 Å². The monoisotopic (exact) mass is 255 g/mol. The van der Waals surface area contributed by atoms with Gasteiger partial charge < -0.3 is 14.8 Å². The molecule has 0 amide bonds. The zero-order valence-electron chi connectivity index (χ0n) is 11.5. The van der Waals surface area contributed by atoms with Crippen LogP contribution in [0.25, 0.3) is 0 Å². The highest BCUT2D eigenvalue weighted by molar-refractivity contribution is 5.73. The van der Waals surface area contributed by atoms with Gasteiger partial charge in [0.1, 0.15) is 0 Å². The van der Waals surface area contributed by atoms with E-state index in [1.165, 1.54) is 19.3 Å². The summed E-state index contributed by atoms with van der Waals surface area (Å²) in [6.07, 6.45) is 5.66. The molecule has 0 radical (unpaired) electrons. The predicted molar refractivity (Wildman–Crippen MR) is 69.0 cm³/mol. The van der Waals surface area contributed by atoms with Crippen LogP contribution in [0.4, 0.5) is 0 Å². The Morgan fingerprint density at radius 3 is 2.56 bits per heavy atom. The first-order valence-corrected chi connectivity index (χ1v) is 7.28. The first kappa shape index (κ1) is 13.8. The van der Waals surface area contributed by atoms with Crippen molar-refractivity contribution in [2.45, 2.75) is 58.3 Å². The summed E-state index contributed by atoms with van der Waals surface area (Å²) in [5, 5.41) is 3.16. The second-order valence-corrected chi connectivity index (χ2v) is 5.46. The Kier molecular flexibility index (Phi) is 5.01. The van der Waals surface area contributed by atoms with Crippen molar-refractivity contribution in [3.63, 3.8) is 0 Å². The lowest BCUT2D eigenvalue weighted by Crippen LogP contribution is -2.34. The summed E-state index contributed by atoms with van der Waals surface area (Å²) in [5.41, 5.74) is 0. The van der Waals surface area contributed by atoms with Crippen LogP contribution in [0.5, 0.6) is 0 Å². The van der Waals surface area contributed by atoms with Gasteiger partial charge >= 0.3 is 5.97 Å². The number of esters is 1. The fourth-order valence-corrected chi connectivity index (χ4v) is 2.64. The van der Waals surface area contributed by atoms with E-state index in [-0.39, 0.29) is 18.2 Å².